The molecule has 2 rings (SSSR count). The standard InChI is InChI=1S/C14H21NO/c1-11(10-13-2-3-13)15-9-8-12-4-6-14(16)7-5-12/h4-7,11,13,15-16H,2-3,8-10H2,1H3. The second kappa shape index (κ2) is 5.35. The van der Waals surface area contributed by atoms with E-state index < -0.39 is 0 Å². The maximum atomic E-state index is 9.16. The number of nitrogens with one attached hydrogen (secondary N) is 1. The second-order valence-electron chi connectivity index (χ2n) is 4.95. The van der Waals surface area contributed by atoms with Gasteiger partial charge in [-0.3, -0.25) is 0 Å². The molecule has 2 heteroatoms. The summed E-state index contributed by atoms with van der Waals surface area (Å²) >= 11 is 0. The molecule has 2 N–H and O–H groups in total. The molecule has 88 valence electrons. The van der Waals surface area contributed by atoms with Crippen LogP contribution < -0.4 is 5.32 Å². The van der Waals surface area contributed by atoms with Crippen LogP contribution in [-0.4, -0.2) is 17.7 Å². The lowest BCUT2D eigenvalue weighted by molar-refractivity contribution is 0.474. The first-order valence-electron chi connectivity index (χ1n) is 6.25. The van der Waals surface area contributed by atoms with E-state index in [0.29, 0.717) is 11.8 Å². The Bertz CT molecular complexity index is 316. The quantitative estimate of drug-likeness (QED) is 0.771. The fourth-order valence-electron chi connectivity index (χ4n) is 2.06. The molecule has 0 bridgehead atoms. The van der Waals surface area contributed by atoms with Gasteiger partial charge in [0, 0.05) is 6.04 Å². The van der Waals surface area contributed by atoms with Crippen molar-refractivity contribution in [3.63, 3.8) is 0 Å². The number of aromatic hydroxyl groups is 1. The lowest BCUT2D eigenvalue weighted by Crippen LogP contribution is -2.28. The number of hydrogen-bond acceptors (Lipinski definition) is 2. The lowest BCUT2D eigenvalue weighted by atomic mass is 10.1. The van der Waals surface area contributed by atoms with Crippen LogP contribution in [0, 0.1) is 5.92 Å². The molecule has 1 aliphatic carbocycles. The molecular weight excluding hydrogens is 198 g/mol. The van der Waals surface area contributed by atoms with Crippen molar-refractivity contribution in [1.82, 2.24) is 5.32 Å². The zero-order chi connectivity index (χ0) is 11.4. The third-order valence-corrected chi connectivity index (χ3v) is 3.23. The molecule has 0 radical (unpaired) electrons. The zero-order valence-electron chi connectivity index (χ0n) is 9.95. The molecule has 16 heavy (non-hydrogen) atoms. The molecule has 1 atom stereocenters. The van der Waals surface area contributed by atoms with Gasteiger partial charge >= 0.3 is 0 Å². The third-order valence-electron chi connectivity index (χ3n) is 3.23. The van der Waals surface area contributed by atoms with Gasteiger partial charge in [-0.05, 0) is 49.9 Å². The van der Waals surface area contributed by atoms with Crippen molar-refractivity contribution in [2.24, 2.45) is 5.92 Å². The van der Waals surface area contributed by atoms with Gasteiger partial charge < -0.3 is 10.4 Å². The van der Waals surface area contributed by atoms with Crippen LogP contribution in [0.5, 0.6) is 5.75 Å². The van der Waals surface area contributed by atoms with E-state index in [2.05, 4.69) is 12.2 Å². The topological polar surface area (TPSA) is 32.3 Å². The molecule has 0 aromatic heterocycles. The van der Waals surface area contributed by atoms with Gasteiger partial charge in [0.2, 0.25) is 0 Å². The molecule has 1 saturated carbocycles. The molecule has 0 aliphatic heterocycles. The van der Waals surface area contributed by atoms with Crippen molar-refractivity contribution in [1.29, 1.82) is 0 Å². The summed E-state index contributed by atoms with van der Waals surface area (Å²) in [6.45, 7) is 3.30. The minimum absolute atomic E-state index is 0.346. The fourth-order valence-corrected chi connectivity index (χ4v) is 2.06. The maximum Gasteiger partial charge on any atom is 0.115 e. The van der Waals surface area contributed by atoms with Crippen LogP contribution in [0.3, 0.4) is 0 Å². The average Bonchev–Trinajstić information content (AvgIpc) is 3.05. The monoisotopic (exact) mass is 219 g/mol. The molecule has 1 fully saturated rings. The van der Waals surface area contributed by atoms with E-state index in [1.807, 2.05) is 12.1 Å². The molecule has 1 aromatic rings. The van der Waals surface area contributed by atoms with Crippen LogP contribution >= 0.6 is 0 Å². The summed E-state index contributed by atoms with van der Waals surface area (Å²) in [7, 11) is 0. The highest BCUT2D eigenvalue weighted by molar-refractivity contribution is 5.25. The van der Waals surface area contributed by atoms with E-state index in [1.54, 1.807) is 12.1 Å². The van der Waals surface area contributed by atoms with E-state index in [-0.39, 0.29) is 0 Å². The Hall–Kier alpha value is -1.02. The van der Waals surface area contributed by atoms with Crippen molar-refractivity contribution in [2.75, 3.05) is 6.54 Å². The molecule has 0 spiro atoms. The Labute approximate surface area is 97.7 Å². The Morgan fingerprint density at radius 1 is 1.31 bits per heavy atom. The first kappa shape index (κ1) is 11.5. The predicted octanol–water partition coefficient (Wildman–Crippen LogP) is 2.71. The highest BCUT2D eigenvalue weighted by Crippen LogP contribution is 2.33. The van der Waals surface area contributed by atoms with Crippen molar-refractivity contribution in [3.05, 3.63) is 29.8 Å². The summed E-state index contributed by atoms with van der Waals surface area (Å²) in [5.41, 5.74) is 1.28. The van der Waals surface area contributed by atoms with Crippen LogP contribution in [0.2, 0.25) is 0 Å². The lowest BCUT2D eigenvalue weighted by Gasteiger charge is -2.13. The summed E-state index contributed by atoms with van der Waals surface area (Å²) < 4.78 is 0. The first-order chi connectivity index (χ1) is 7.74. The zero-order valence-corrected chi connectivity index (χ0v) is 9.95. The number of phenols is 1. The van der Waals surface area contributed by atoms with Gasteiger partial charge in [-0.15, -0.1) is 0 Å². The van der Waals surface area contributed by atoms with Gasteiger partial charge in [0.15, 0.2) is 0 Å². The summed E-state index contributed by atoms with van der Waals surface area (Å²) in [6, 6.07) is 8.13. The summed E-state index contributed by atoms with van der Waals surface area (Å²) in [6.07, 6.45) is 5.23. The molecular formula is C14H21NO. The second-order valence-corrected chi connectivity index (χ2v) is 4.95. The minimum Gasteiger partial charge on any atom is -0.508 e. The van der Waals surface area contributed by atoms with E-state index >= 15 is 0 Å². The molecule has 1 unspecified atom stereocenters. The third kappa shape index (κ3) is 3.86. The van der Waals surface area contributed by atoms with Gasteiger partial charge in [0.25, 0.3) is 0 Å². The Balaban J connectivity index is 1.64. The summed E-state index contributed by atoms with van der Waals surface area (Å²) in [5.74, 6) is 1.34. The smallest absolute Gasteiger partial charge is 0.115 e. The number of phenolic OH excluding ortho intramolecular Hbond substituents is 1. The largest absolute Gasteiger partial charge is 0.508 e. The maximum absolute atomic E-state index is 9.16. The number of benzene rings is 1. The molecule has 2 nitrogen and oxygen atoms in total. The van der Waals surface area contributed by atoms with Crippen molar-refractivity contribution >= 4 is 0 Å². The molecule has 1 aliphatic rings. The average molecular weight is 219 g/mol. The van der Waals surface area contributed by atoms with Crippen LogP contribution in [-0.2, 0) is 6.42 Å². The van der Waals surface area contributed by atoms with Gasteiger partial charge in [0.05, 0.1) is 0 Å². The minimum atomic E-state index is 0.346. The van der Waals surface area contributed by atoms with Gasteiger partial charge in [0.1, 0.15) is 5.75 Å². The normalized spacial score (nSPS) is 17.3. The SMILES string of the molecule is CC(CC1CC1)NCCc1ccc(O)cc1. The molecule has 1 aromatic carbocycles. The Morgan fingerprint density at radius 3 is 2.62 bits per heavy atom. The highest BCUT2D eigenvalue weighted by atomic mass is 16.3. The van der Waals surface area contributed by atoms with E-state index in [9.17, 15) is 0 Å². The first-order valence-corrected chi connectivity index (χ1v) is 6.25. The van der Waals surface area contributed by atoms with Crippen LogP contribution in [0.4, 0.5) is 0 Å². The van der Waals surface area contributed by atoms with Crippen LogP contribution in [0.15, 0.2) is 24.3 Å². The fraction of sp³-hybridized carbons (Fsp3) is 0.571. The molecule has 0 saturated heterocycles. The van der Waals surface area contributed by atoms with Crippen molar-refractivity contribution < 1.29 is 5.11 Å². The van der Waals surface area contributed by atoms with E-state index in [1.165, 1.54) is 24.8 Å². The van der Waals surface area contributed by atoms with Crippen molar-refractivity contribution in [3.8, 4) is 5.75 Å². The predicted molar refractivity (Wildman–Crippen MR) is 66.6 cm³/mol. The number of rotatable bonds is 6. The Morgan fingerprint density at radius 2 is 2.00 bits per heavy atom. The molecule has 0 amide bonds. The van der Waals surface area contributed by atoms with E-state index in [0.717, 1.165) is 18.9 Å². The summed E-state index contributed by atoms with van der Waals surface area (Å²) in [4.78, 5) is 0. The van der Waals surface area contributed by atoms with E-state index in [4.69, 9.17) is 5.11 Å². The van der Waals surface area contributed by atoms with Crippen molar-refractivity contribution in [2.45, 2.75) is 38.6 Å². The summed E-state index contributed by atoms with van der Waals surface area (Å²) in [5, 5.41) is 12.7. The van der Waals surface area contributed by atoms with Crippen LogP contribution in [0.1, 0.15) is 31.7 Å². The number of hydrogen-bond donors (Lipinski definition) is 2. The Kier molecular flexibility index (Phi) is 3.83. The van der Waals surface area contributed by atoms with Gasteiger partial charge in [-0.2, -0.15) is 0 Å². The molecule has 0 heterocycles. The van der Waals surface area contributed by atoms with Crippen LogP contribution in [0.25, 0.3) is 0 Å². The van der Waals surface area contributed by atoms with Gasteiger partial charge in [-0.1, -0.05) is 25.0 Å². The highest BCUT2D eigenvalue weighted by Gasteiger charge is 2.22. The van der Waals surface area contributed by atoms with Gasteiger partial charge in [-0.25, -0.2) is 0 Å².